The summed E-state index contributed by atoms with van der Waals surface area (Å²) < 4.78 is 4.46. The van der Waals surface area contributed by atoms with Crippen molar-refractivity contribution in [1.29, 1.82) is 0 Å². The SMILES string of the molecule is COC(=O)c1ccc(C(=O)O)c(CC(=O)O)c1. The Bertz CT molecular complexity index is 477. The summed E-state index contributed by atoms with van der Waals surface area (Å²) in [6, 6.07) is 3.68. The minimum absolute atomic E-state index is 0.0629. The molecule has 90 valence electrons. The minimum Gasteiger partial charge on any atom is -0.481 e. The van der Waals surface area contributed by atoms with Crippen molar-refractivity contribution in [2.45, 2.75) is 6.42 Å². The van der Waals surface area contributed by atoms with Gasteiger partial charge in [0.05, 0.1) is 24.7 Å². The van der Waals surface area contributed by atoms with Crippen LogP contribution in [0.5, 0.6) is 0 Å². The maximum atomic E-state index is 11.2. The zero-order valence-electron chi connectivity index (χ0n) is 8.97. The predicted molar refractivity (Wildman–Crippen MR) is 56.1 cm³/mol. The molecule has 0 fully saturated rings. The maximum Gasteiger partial charge on any atom is 0.337 e. The highest BCUT2D eigenvalue weighted by atomic mass is 16.5. The number of methoxy groups -OCH3 is 1. The van der Waals surface area contributed by atoms with Gasteiger partial charge in [0.15, 0.2) is 0 Å². The standard InChI is InChI=1S/C11H10O6/c1-17-11(16)6-2-3-8(10(14)15)7(4-6)5-9(12)13/h2-4H,5H2,1H3,(H,12,13)(H,14,15). The third kappa shape index (κ3) is 3.04. The van der Waals surface area contributed by atoms with Crippen LogP contribution in [0.1, 0.15) is 26.3 Å². The topological polar surface area (TPSA) is 101 Å². The van der Waals surface area contributed by atoms with Gasteiger partial charge in [-0.2, -0.15) is 0 Å². The lowest BCUT2D eigenvalue weighted by Gasteiger charge is -2.06. The van der Waals surface area contributed by atoms with Gasteiger partial charge in [-0.1, -0.05) is 0 Å². The van der Waals surface area contributed by atoms with Crippen molar-refractivity contribution in [3.05, 3.63) is 34.9 Å². The van der Waals surface area contributed by atoms with Gasteiger partial charge in [0.25, 0.3) is 0 Å². The van der Waals surface area contributed by atoms with E-state index in [1.165, 1.54) is 25.3 Å². The lowest BCUT2D eigenvalue weighted by atomic mass is 10.0. The number of aromatic carboxylic acids is 1. The number of rotatable bonds is 4. The summed E-state index contributed by atoms with van der Waals surface area (Å²) in [6.45, 7) is 0. The number of benzene rings is 1. The molecule has 0 atom stereocenters. The van der Waals surface area contributed by atoms with Crippen molar-refractivity contribution < 1.29 is 29.3 Å². The van der Waals surface area contributed by atoms with Crippen molar-refractivity contribution in [3.63, 3.8) is 0 Å². The number of carbonyl (C=O) groups is 3. The van der Waals surface area contributed by atoms with E-state index in [0.717, 1.165) is 0 Å². The molecule has 0 amide bonds. The molecule has 0 unspecified atom stereocenters. The predicted octanol–water partition coefficient (Wildman–Crippen LogP) is 0.798. The van der Waals surface area contributed by atoms with Gasteiger partial charge < -0.3 is 14.9 Å². The lowest BCUT2D eigenvalue weighted by molar-refractivity contribution is -0.136. The zero-order valence-corrected chi connectivity index (χ0v) is 8.97. The Hall–Kier alpha value is -2.37. The smallest absolute Gasteiger partial charge is 0.337 e. The molecule has 0 aliphatic carbocycles. The number of aliphatic carboxylic acids is 1. The van der Waals surface area contributed by atoms with E-state index in [2.05, 4.69) is 4.74 Å². The third-order valence-corrected chi connectivity index (χ3v) is 2.10. The largest absolute Gasteiger partial charge is 0.481 e. The molecule has 0 radical (unpaired) electrons. The maximum absolute atomic E-state index is 11.2. The second-order valence-electron chi connectivity index (χ2n) is 3.24. The summed E-state index contributed by atoms with van der Waals surface area (Å²) >= 11 is 0. The van der Waals surface area contributed by atoms with E-state index < -0.39 is 24.3 Å². The van der Waals surface area contributed by atoms with Gasteiger partial charge in [0.2, 0.25) is 0 Å². The van der Waals surface area contributed by atoms with Crippen LogP contribution in [0.15, 0.2) is 18.2 Å². The second-order valence-corrected chi connectivity index (χ2v) is 3.24. The summed E-state index contributed by atoms with van der Waals surface area (Å²) in [7, 11) is 1.18. The molecule has 0 aromatic heterocycles. The van der Waals surface area contributed by atoms with Crippen LogP contribution in [0.25, 0.3) is 0 Å². The average molecular weight is 238 g/mol. The number of hydrogen-bond donors (Lipinski definition) is 2. The van der Waals surface area contributed by atoms with Gasteiger partial charge in [0, 0.05) is 0 Å². The van der Waals surface area contributed by atoms with E-state index in [1.807, 2.05) is 0 Å². The summed E-state index contributed by atoms with van der Waals surface area (Å²) in [5, 5.41) is 17.5. The monoisotopic (exact) mass is 238 g/mol. The van der Waals surface area contributed by atoms with Gasteiger partial charge in [0.1, 0.15) is 0 Å². The Morgan fingerprint density at radius 3 is 2.35 bits per heavy atom. The zero-order chi connectivity index (χ0) is 13.0. The van der Waals surface area contributed by atoms with Gasteiger partial charge in [-0.25, -0.2) is 9.59 Å². The van der Waals surface area contributed by atoms with Gasteiger partial charge in [-0.3, -0.25) is 4.79 Å². The fourth-order valence-electron chi connectivity index (χ4n) is 1.36. The number of hydrogen-bond acceptors (Lipinski definition) is 4. The normalized spacial score (nSPS) is 9.71. The molecule has 0 aliphatic rings. The van der Waals surface area contributed by atoms with Crippen LogP contribution in [0.3, 0.4) is 0 Å². The highest BCUT2D eigenvalue weighted by Crippen LogP contribution is 2.14. The van der Waals surface area contributed by atoms with Crippen LogP contribution in [-0.2, 0) is 16.0 Å². The molecule has 1 aromatic rings. The van der Waals surface area contributed by atoms with Crippen LogP contribution in [0.2, 0.25) is 0 Å². The Morgan fingerprint density at radius 2 is 1.88 bits per heavy atom. The molecule has 1 aromatic carbocycles. The van der Waals surface area contributed by atoms with E-state index in [0.29, 0.717) is 0 Å². The molecule has 0 aliphatic heterocycles. The molecule has 2 N–H and O–H groups in total. The fraction of sp³-hybridized carbons (Fsp3) is 0.182. The minimum atomic E-state index is -1.24. The molecule has 0 bridgehead atoms. The Balaban J connectivity index is 3.23. The fourth-order valence-corrected chi connectivity index (χ4v) is 1.36. The van der Waals surface area contributed by atoms with Crippen molar-refractivity contribution in [3.8, 4) is 0 Å². The first-order valence-corrected chi connectivity index (χ1v) is 4.62. The molecular formula is C11H10O6. The van der Waals surface area contributed by atoms with Crippen LogP contribution >= 0.6 is 0 Å². The van der Waals surface area contributed by atoms with Crippen LogP contribution in [-0.4, -0.2) is 35.2 Å². The second kappa shape index (κ2) is 5.11. The lowest BCUT2D eigenvalue weighted by Crippen LogP contribution is -2.10. The first kappa shape index (κ1) is 12.7. The van der Waals surface area contributed by atoms with Crippen LogP contribution in [0.4, 0.5) is 0 Å². The molecule has 0 spiro atoms. The summed E-state index contributed by atoms with van der Waals surface area (Å²) in [5.41, 5.74) is 0.0432. The Labute approximate surface area is 96.4 Å². The Kier molecular flexibility index (Phi) is 3.82. The van der Waals surface area contributed by atoms with Crippen molar-refractivity contribution in [1.82, 2.24) is 0 Å². The van der Waals surface area contributed by atoms with Crippen molar-refractivity contribution >= 4 is 17.9 Å². The first-order chi connectivity index (χ1) is 7.95. The Morgan fingerprint density at radius 1 is 1.24 bits per heavy atom. The van der Waals surface area contributed by atoms with Crippen LogP contribution in [0, 0.1) is 0 Å². The molecule has 0 saturated carbocycles. The van der Waals surface area contributed by atoms with E-state index in [1.54, 1.807) is 0 Å². The number of ether oxygens (including phenoxy) is 1. The van der Waals surface area contributed by atoms with Crippen molar-refractivity contribution in [2.24, 2.45) is 0 Å². The summed E-state index contributed by atoms with van der Waals surface area (Å²) in [6.07, 6.45) is -0.466. The number of carboxylic acids is 2. The number of carbonyl (C=O) groups excluding carboxylic acids is 1. The van der Waals surface area contributed by atoms with E-state index in [9.17, 15) is 14.4 Å². The molecule has 0 heterocycles. The summed E-state index contributed by atoms with van der Waals surface area (Å²) in [5.74, 6) is -3.05. The van der Waals surface area contributed by atoms with E-state index >= 15 is 0 Å². The third-order valence-electron chi connectivity index (χ3n) is 2.10. The van der Waals surface area contributed by atoms with E-state index in [4.69, 9.17) is 10.2 Å². The molecule has 6 heteroatoms. The van der Waals surface area contributed by atoms with Gasteiger partial charge in [-0.15, -0.1) is 0 Å². The molecule has 17 heavy (non-hydrogen) atoms. The first-order valence-electron chi connectivity index (χ1n) is 4.62. The molecule has 1 rings (SSSR count). The molecule has 0 saturated heterocycles. The number of carboxylic acid groups (broad SMARTS) is 2. The highest BCUT2D eigenvalue weighted by Gasteiger charge is 2.16. The van der Waals surface area contributed by atoms with Gasteiger partial charge >= 0.3 is 17.9 Å². The quantitative estimate of drug-likeness (QED) is 0.752. The summed E-state index contributed by atoms with van der Waals surface area (Å²) in [4.78, 5) is 32.6. The van der Waals surface area contributed by atoms with E-state index in [-0.39, 0.29) is 16.7 Å². The van der Waals surface area contributed by atoms with Gasteiger partial charge in [-0.05, 0) is 23.8 Å². The molecule has 6 nitrogen and oxygen atoms in total. The van der Waals surface area contributed by atoms with Crippen molar-refractivity contribution in [2.75, 3.05) is 7.11 Å². The number of esters is 1. The van der Waals surface area contributed by atoms with Crippen LogP contribution < -0.4 is 0 Å². The highest BCUT2D eigenvalue weighted by molar-refractivity contribution is 5.95. The molecular weight excluding hydrogens is 228 g/mol. The average Bonchev–Trinajstić information content (AvgIpc) is 2.26.